The number of nitrogens with one attached hydrogen (secondary N) is 2. The van der Waals surface area contributed by atoms with Crippen molar-refractivity contribution in [3.63, 3.8) is 0 Å². The van der Waals surface area contributed by atoms with Crippen LogP contribution in [0.3, 0.4) is 0 Å². The van der Waals surface area contributed by atoms with Crippen molar-refractivity contribution in [2.24, 2.45) is 0 Å². The number of urea groups is 1. The lowest BCUT2D eigenvalue weighted by Gasteiger charge is -2.15. The highest BCUT2D eigenvalue weighted by atomic mass is 16.2. The Balaban J connectivity index is 1.77. The molecule has 0 atom stereocenters. The Morgan fingerprint density at radius 1 is 1.36 bits per heavy atom. The Labute approximate surface area is 131 Å². The number of amides is 2. The van der Waals surface area contributed by atoms with E-state index in [0.717, 1.165) is 29.9 Å². The topological polar surface area (TPSA) is 62.2 Å². The summed E-state index contributed by atoms with van der Waals surface area (Å²) < 4.78 is 1.99. The molecule has 118 valence electrons. The fraction of sp³-hybridized carbons (Fsp3) is 0.375. The van der Waals surface area contributed by atoms with Crippen molar-refractivity contribution in [2.45, 2.75) is 19.9 Å². The number of benzene rings is 1. The van der Waals surface area contributed by atoms with E-state index in [0.29, 0.717) is 6.54 Å². The van der Waals surface area contributed by atoms with E-state index in [1.54, 1.807) is 12.5 Å². The van der Waals surface area contributed by atoms with Crippen LogP contribution in [0.4, 0.5) is 16.2 Å². The zero-order chi connectivity index (χ0) is 15.9. The molecule has 1 aromatic carbocycles. The van der Waals surface area contributed by atoms with Crippen LogP contribution in [0.15, 0.2) is 36.9 Å². The predicted molar refractivity (Wildman–Crippen MR) is 89.4 cm³/mol. The molecule has 0 radical (unpaired) electrons. The van der Waals surface area contributed by atoms with Crippen molar-refractivity contribution in [1.82, 2.24) is 14.9 Å². The van der Waals surface area contributed by atoms with E-state index in [4.69, 9.17) is 0 Å². The largest absolute Gasteiger partial charge is 0.378 e. The van der Waals surface area contributed by atoms with E-state index in [-0.39, 0.29) is 6.03 Å². The molecule has 22 heavy (non-hydrogen) atoms. The molecule has 0 spiro atoms. The molecule has 0 saturated heterocycles. The van der Waals surface area contributed by atoms with Gasteiger partial charge in [0.15, 0.2) is 0 Å². The molecule has 0 saturated carbocycles. The minimum Gasteiger partial charge on any atom is -0.378 e. The molecule has 6 heteroatoms. The standard InChI is InChI=1S/C16H23N5O/c1-13-11-14(20(2)3)5-6-15(13)19-16(22)18-7-4-9-21-10-8-17-12-21/h5-6,8,10-12H,4,7,9H2,1-3H3,(H2,18,19,22). The predicted octanol–water partition coefficient (Wildman–Crippen LogP) is 2.47. The SMILES string of the molecule is Cc1cc(N(C)C)ccc1NC(=O)NCCCn1ccnc1. The highest BCUT2D eigenvalue weighted by Gasteiger charge is 2.05. The summed E-state index contributed by atoms with van der Waals surface area (Å²) >= 11 is 0. The average molecular weight is 301 g/mol. The van der Waals surface area contributed by atoms with Crippen LogP contribution < -0.4 is 15.5 Å². The number of aryl methyl sites for hydroxylation is 2. The van der Waals surface area contributed by atoms with E-state index in [2.05, 4.69) is 21.7 Å². The third-order valence-corrected chi connectivity index (χ3v) is 3.41. The highest BCUT2D eigenvalue weighted by molar-refractivity contribution is 5.90. The summed E-state index contributed by atoms with van der Waals surface area (Å²) in [6.07, 6.45) is 6.30. The zero-order valence-corrected chi connectivity index (χ0v) is 13.3. The number of imidazole rings is 1. The third-order valence-electron chi connectivity index (χ3n) is 3.41. The van der Waals surface area contributed by atoms with Gasteiger partial charge in [-0.15, -0.1) is 0 Å². The highest BCUT2D eigenvalue weighted by Crippen LogP contribution is 2.21. The molecular formula is C16H23N5O. The van der Waals surface area contributed by atoms with Gasteiger partial charge in [0.2, 0.25) is 0 Å². The minimum absolute atomic E-state index is 0.175. The second kappa shape index (κ2) is 7.49. The van der Waals surface area contributed by atoms with Gasteiger partial charge in [-0.25, -0.2) is 9.78 Å². The van der Waals surface area contributed by atoms with Gasteiger partial charge >= 0.3 is 6.03 Å². The first-order valence-corrected chi connectivity index (χ1v) is 7.35. The van der Waals surface area contributed by atoms with Crippen LogP contribution in [0.2, 0.25) is 0 Å². The van der Waals surface area contributed by atoms with Crippen LogP contribution in [0.5, 0.6) is 0 Å². The third kappa shape index (κ3) is 4.51. The van der Waals surface area contributed by atoms with Gasteiger partial charge in [-0.3, -0.25) is 0 Å². The fourth-order valence-electron chi connectivity index (χ4n) is 2.12. The Morgan fingerprint density at radius 2 is 2.18 bits per heavy atom. The van der Waals surface area contributed by atoms with E-state index in [1.807, 2.05) is 48.8 Å². The minimum atomic E-state index is -0.175. The van der Waals surface area contributed by atoms with Gasteiger partial charge < -0.3 is 20.1 Å². The van der Waals surface area contributed by atoms with Gasteiger partial charge in [-0.05, 0) is 37.1 Å². The van der Waals surface area contributed by atoms with Gasteiger partial charge in [0, 0.05) is 51.0 Å². The van der Waals surface area contributed by atoms with Crippen molar-refractivity contribution in [3.8, 4) is 0 Å². The maximum atomic E-state index is 11.9. The van der Waals surface area contributed by atoms with Crippen LogP contribution in [-0.4, -0.2) is 36.2 Å². The molecule has 1 aromatic heterocycles. The van der Waals surface area contributed by atoms with Crippen LogP contribution in [-0.2, 0) is 6.54 Å². The van der Waals surface area contributed by atoms with Crippen molar-refractivity contribution in [2.75, 3.05) is 30.9 Å². The summed E-state index contributed by atoms with van der Waals surface area (Å²) in [5, 5.41) is 5.75. The number of carbonyl (C=O) groups excluding carboxylic acids is 1. The lowest BCUT2D eigenvalue weighted by Crippen LogP contribution is -2.30. The summed E-state index contributed by atoms with van der Waals surface area (Å²) in [7, 11) is 3.99. The summed E-state index contributed by atoms with van der Waals surface area (Å²) in [6, 6.07) is 5.79. The van der Waals surface area contributed by atoms with Gasteiger partial charge in [0.05, 0.1) is 6.33 Å². The maximum Gasteiger partial charge on any atom is 0.319 e. The first-order chi connectivity index (χ1) is 10.6. The summed E-state index contributed by atoms with van der Waals surface area (Å²) in [4.78, 5) is 17.9. The molecule has 0 aliphatic heterocycles. The van der Waals surface area contributed by atoms with Crippen LogP contribution in [0.25, 0.3) is 0 Å². The van der Waals surface area contributed by atoms with Gasteiger partial charge in [-0.1, -0.05) is 0 Å². The number of hydrogen-bond acceptors (Lipinski definition) is 3. The van der Waals surface area contributed by atoms with Crippen LogP contribution >= 0.6 is 0 Å². The van der Waals surface area contributed by atoms with E-state index >= 15 is 0 Å². The van der Waals surface area contributed by atoms with Crippen molar-refractivity contribution in [3.05, 3.63) is 42.5 Å². The monoisotopic (exact) mass is 301 g/mol. The fourth-order valence-corrected chi connectivity index (χ4v) is 2.12. The zero-order valence-electron chi connectivity index (χ0n) is 13.3. The average Bonchev–Trinajstić information content (AvgIpc) is 2.99. The first-order valence-electron chi connectivity index (χ1n) is 7.35. The second-order valence-corrected chi connectivity index (χ2v) is 5.43. The molecule has 0 unspecified atom stereocenters. The molecule has 1 heterocycles. The number of nitrogens with zero attached hydrogens (tertiary/aromatic N) is 3. The molecule has 0 bridgehead atoms. The number of carbonyl (C=O) groups is 1. The van der Waals surface area contributed by atoms with Gasteiger partial charge in [-0.2, -0.15) is 0 Å². The van der Waals surface area contributed by atoms with Crippen molar-refractivity contribution >= 4 is 17.4 Å². The van der Waals surface area contributed by atoms with Crippen molar-refractivity contribution < 1.29 is 4.79 Å². The molecule has 0 fully saturated rings. The summed E-state index contributed by atoms with van der Waals surface area (Å²) in [5.41, 5.74) is 2.99. The molecule has 0 aliphatic rings. The normalized spacial score (nSPS) is 10.3. The molecule has 2 aromatic rings. The van der Waals surface area contributed by atoms with E-state index in [1.165, 1.54) is 0 Å². The molecule has 0 aliphatic carbocycles. The smallest absolute Gasteiger partial charge is 0.319 e. The quantitative estimate of drug-likeness (QED) is 0.806. The molecule has 6 nitrogen and oxygen atoms in total. The molecule has 2 amide bonds. The number of aromatic nitrogens is 2. The maximum absolute atomic E-state index is 11.9. The van der Waals surface area contributed by atoms with E-state index in [9.17, 15) is 4.79 Å². The Hall–Kier alpha value is -2.50. The second-order valence-electron chi connectivity index (χ2n) is 5.43. The Bertz CT molecular complexity index is 607. The molecular weight excluding hydrogens is 278 g/mol. The first kappa shape index (κ1) is 15.9. The summed E-state index contributed by atoms with van der Waals surface area (Å²) in [6.45, 7) is 3.46. The molecule has 2 rings (SSSR count). The van der Waals surface area contributed by atoms with E-state index < -0.39 is 0 Å². The lowest BCUT2D eigenvalue weighted by atomic mass is 10.1. The number of hydrogen-bond donors (Lipinski definition) is 2. The number of rotatable bonds is 6. The Kier molecular flexibility index (Phi) is 5.41. The van der Waals surface area contributed by atoms with Gasteiger partial charge in [0.1, 0.15) is 0 Å². The van der Waals surface area contributed by atoms with Crippen LogP contribution in [0, 0.1) is 6.92 Å². The number of anilines is 2. The van der Waals surface area contributed by atoms with Crippen molar-refractivity contribution in [1.29, 1.82) is 0 Å². The van der Waals surface area contributed by atoms with Crippen LogP contribution in [0.1, 0.15) is 12.0 Å². The Morgan fingerprint density at radius 3 is 2.82 bits per heavy atom. The summed E-state index contributed by atoms with van der Waals surface area (Å²) in [5.74, 6) is 0. The van der Waals surface area contributed by atoms with Gasteiger partial charge in [0.25, 0.3) is 0 Å². The lowest BCUT2D eigenvalue weighted by molar-refractivity contribution is 0.252. The molecule has 2 N–H and O–H groups in total.